The largest absolute Gasteiger partial charge is 0.391 e. The summed E-state index contributed by atoms with van der Waals surface area (Å²) in [6.07, 6.45) is 0.591. The van der Waals surface area contributed by atoms with Crippen molar-refractivity contribution in [3.8, 4) is 0 Å². The van der Waals surface area contributed by atoms with E-state index in [9.17, 15) is 5.11 Å². The van der Waals surface area contributed by atoms with E-state index in [2.05, 4.69) is 34.0 Å². The Morgan fingerprint density at radius 2 is 2.30 bits per heavy atom. The summed E-state index contributed by atoms with van der Waals surface area (Å²) in [6.45, 7) is 9.14. The van der Waals surface area contributed by atoms with Gasteiger partial charge in [-0.15, -0.1) is 35.3 Å². The van der Waals surface area contributed by atoms with Crippen molar-refractivity contribution in [1.29, 1.82) is 0 Å². The van der Waals surface area contributed by atoms with Crippen LogP contribution in [-0.2, 0) is 6.54 Å². The van der Waals surface area contributed by atoms with Gasteiger partial charge in [-0.05, 0) is 27.2 Å². The quantitative estimate of drug-likeness (QED) is 0.454. The molecule has 0 spiro atoms. The number of hydrogen-bond acceptors (Lipinski definition) is 4. The average molecular weight is 410 g/mol. The molecule has 1 aliphatic heterocycles. The highest BCUT2D eigenvalue weighted by Gasteiger charge is 2.22. The van der Waals surface area contributed by atoms with Crippen LogP contribution < -0.4 is 5.32 Å². The van der Waals surface area contributed by atoms with Crippen molar-refractivity contribution < 1.29 is 5.11 Å². The van der Waals surface area contributed by atoms with Crippen LogP contribution in [0.3, 0.4) is 0 Å². The third-order valence-corrected chi connectivity index (χ3v) is 4.29. The third-order valence-electron chi connectivity index (χ3n) is 3.23. The summed E-state index contributed by atoms with van der Waals surface area (Å²) in [7, 11) is 0. The molecule has 2 rings (SSSR count). The topological polar surface area (TPSA) is 60.8 Å². The molecule has 2 heterocycles. The number of rotatable bonds is 3. The number of aromatic nitrogens is 1. The second-order valence-electron chi connectivity index (χ2n) is 4.81. The summed E-state index contributed by atoms with van der Waals surface area (Å²) in [6, 6.07) is 0. The van der Waals surface area contributed by atoms with Gasteiger partial charge in [0.15, 0.2) is 5.96 Å². The second-order valence-corrected chi connectivity index (χ2v) is 6.10. The van der Waals surface area contributed by atoms with Gasteiger partial charge in [-0.3, -0.25) is 0 Å². The van der Waals surface area contributed by atoms with Gasteiger partial charge in [0, 0.05) is 24.5 Å². The lowest BCUT2D eigenvalue weighted by molar-refractivity contribution is 0.188. The Hall–Kier alpha value is -0.410. The summed E-state index contributed by atoms with van der Waals surface area (Å²) in [5.74, 6) is 0.879. The Bertz CT molecular complexity index is 444. The highest BCUT2D eigenvalue weighted by molar-refractivity contribution is 14.0. The first kappa shape index (κ1) is 17.6. The maximum Gasteiger partial charge on any atom is 0.194 e. The van der Waals surface area contributed by atoms with Crippen molar-refractivity contribution in [2.24, 2.45) is 4.99 Å². The van der Waals surface area contributed by atoms with Gasteiger partial charge in [0.1, 0.15) is 5.01 Å². The molecule has 0 saturated carbocycles. The van der Waals surface area contributed by atoms with Gasteiger partial charge in [-0.2, -0.15) is 0 Å². The van der Waals surface area contributed by atoms with Gasteiger partial charge in [0.2, 0.25) is 0 Å². The zero-order valence-electron chi connectivity index (χ0n) is 12.2. The molecule has 1 aliphatic rings. The van der Waals surface area contributed by atoms with Crippen LogP contribution in [0.2, 0.25) is 0 Å². The van der Waals surface area contributed by atoms with Crippen molar-refractivity contribution in [1.82, 2.24) is 15.2 Å². The van der Waals surface area contributed by atoms with Crippen molar-refractivity contribution in [2.45, 2.75) is 39.8 Å². The summed E-state index contributed by atoms with van der Waals surface area (Å²) in [5.41, 5.74) is 1.09. The summed E-state index contributed by atoms with van der Waals surface area (Å²) in [4.78, 5) is 12.5. The summed E-state index contributed by atoms with van der Waals surface area (Å²) < 4.78 is 0. The molecule has 0 aromatic carbocycles. The van der Waals surface area contributed by atoms with E-state index in [1.54, 1.807) is 11.3 Å². The number of aliphatic hydroxyl groups excluding tert-OH is 1. The van der Waals surface area contributed by atoms with E-state index < -0.39 is 0 Å². The predicted molar refractivity (Wildman–Crippen MR) is 94.0 cm³/mol. The smallest absolute Gasteiger partial charge is 0.194 e. The fourth-order valence-electron chi connectivity index (χ4n) is 2.11. The van der Waals surface area contributed by atoms with Crippen LogP contribution in [0.25, 0.3) is 0 Å². The van der Waals surface area contributed by atoms with Gasteiger partial charge >= 0.3 is 0 Å². The number of aryl methyl sites for hydroxylation is 2. The van der Waals surface area contributed by atoms with E-state index in [0.29, 0.717) is 13.1 Å². The van der Waals surface area contributed by atoms with Crippen molar-refractivity contribution >= 4 is 41.3 Å². The molecule has 1 fully saturated rings. The van der Waals surface area contributed by atoms with Crippen LogP contribution in [0, 0.1) is 13.8 Å². The van der Waals surface area contributed by atoms with Gasteiger partial charge in [0.25, 0.3) is 0 Å². The highest BCUT2D eigenvalue weighted by Crippen LogP contribution is 2.17. The Morgan fingerprint density at radius 3 is 2.80 bits per heavy atom. The van der Waals surface area contributed by atoms with E-state index in [1.807, 2.05) is 6.92 Å². The van der Waals surface area contributed by atoms with Crippen molar-refractivity contribution in [2.75, 3.05) is 19.6 Å². The van der Waals surface area contributed by atoms with Crippen LogP contribution in [0.15, 0.2) is 4.99 Å². The highest BCUT2D eigenvalue weighted by atomic mass is 127. The monoisotopic (exact) mass is 410 g/mol. The molecule has 2 N–H and O–H groups in total. The molecule has 7 heteroatoms. The minimum absolute atomic E-state index is 0. The molecule has 1 saturated heterocycles. The van der Waals surface area contributed by atoms with Crippen molar-refractivity contribution in [3.63, 3.8) is 0 Å². The van der Waals surface area contributed by atoms with Crippen LogP contribution in [-0.4, -0.2) is 46.7 Å². The van der Waals surface area contributed by atoms with Crippen LogP contribution >= 0.6 is 35.3 Å². The minimum Gasteiger partial charge on any atom is -0.391 e. The summed E-state index contributed by atoms with van der Waals surface area (Å²) >= 11 is 1.70. The number of aliphatic hydroxyl groups is 1. The molecule has 1 atom stereocenters. The molecule has 0 radical (unpaired) electrons. The molecular formula is C13H23IN4OS. The number of aliphatic imine (C=N–C) groups is 1. The predicted octanol–water partition coefficient (Wildman–Crippen LogP) is 1.91. The Kier molecular flexibility index (Phi) is 7.18. The number of halogens is 1. The van der Waals surface area contributed by atoms with E-state index in [0.717, 1.165) is 36.2 Å². The SMILES string of the molecule is CCNC(=NCc1nc(C)c(C)s1)N1CC[C@@H](O)C1.I. The number of thiazole rings is 1. The molecule has 1 aromatic heterocycles. The number of nitrogens with zero attached hydrogens (tertiary/aromatic N) is 3. The molecule has 5 nitrogen and oxygen atoms in total. The third kappa shape index (κ3) is 4.56. The molecule has 0 amide bonds. The van der Waals surface area contributed by atoms with Gasteiger partial charge < -0.3 is 15.3 Å². The fraction of sp³-hybridized carbons (Fsp3) is 0.692. The van der Waals surface area contributed by atoms with E-state index in [1.165, 1.54) is 4.88 Å². The van der Waals surface area contributed by atoms with Crippen LogP contribution in [0.5, 0.6) is 0 Å². The van der Waals surface area contributed by atoms with Gasteiger partial charge in [0.05, 0.1) is 18.3 Å². The minimum atomic E-state index is -0.229. The lowest BCUT2D eigenvalue weighted by Gasteiger charge is -2.20. The number of β-amino-alcohol motifs (C(OH)–C–C–N with tert-alkyl or cyclic N) is 1. The maximum absolute atomic E-state index is 9.61. The van der Waals surface area contributed by atoms with Crippen molar-refractivity contribution in [3.05, 3.63) is 15.6 Å². The standard InChI is InChI=1S/C13H22N4OS.HI/c1-4-14-13(17-6-5-11(18)8-17)15-7-12-16-9(2)10(3)19-12;/h11,18H,4-8H2,1-3H3,(H,14,15);1H/t11-;/m1./s1. The first-order valence-corrected chi connectivity index (χ1v) is 7.56. The van der Waals surface area contributed by atoms with E-state index in [-0.39, 0.29) is 30.1 Å². The molecule has 20 heavy (non-hydrogen) atoms. The van der Waals surface area contributed by atoms with E-state index >= 15 is 0 Å². The second kappa shape index (κ2) is 8.14. The molecule has 114 valence electrons. The van der Waals surface area contributed by atoms with Crippen LogP contribution in [0.1, 0.15) is 28.9 Å². The zero-order valence-corrected chi connectivity index (χ0v) is 15.4. The maximum atomic E-state index is 9.61. The normalized spacial score (nSPS) is 19.1. The molecule has 0 unspecified atom stereocenters. The van der Waals surface area contributed by atoms with Gasteiger partial charge in [-0.25, -0.2) is 9.98 Å². The number of nitrogens with one attached hydrogen (secondary N) is 1. The van der Waals surface area contributed by atoms with Crippen LogP contribution in [0.4, 0.5) is 0 Å². The Labute approximate surface area is 141 Å². The molecule has 0 bridgehead atoms. The number of guanidine groups is 1. The number of likely N-dealkylation sites (tertiary alicyclic amines) is 1. The fourth-order valence-corrected chi connectivity index (χ4v) is 2.97. The Balaban J connectivity index is 0.00000200. The molecule has 0 aliphatic carbocycles. The lowest BCUT2D eigenvalue weighted by Crippen LogP contribution is -2.40. The summed E-state index contributed by atoms with van der Waals surface area (Å²) in [5, 5.41) is 13.9. The number of hydrogen-bond donors (Lipinski definition) is 2. The first-order valence-electron chi connectivity index (χ1n) is 6.74. The lowest BCUT2D eigenvalue weighted by atomic mass is 10.3. The molecular weight excluding hydrogens is 387 g/mol. The van der Waals surface area contributed by atoms with E-state index in [4.69, 9.17) is 0 Å². The first-order chi connectivity index (χ1) is 9.10. The molecule has 1 aromatic rings. The van der Waals surface area contributed by atoms with Gasteiger partial charge in [-0.1, -0.05) is 0 Å². The average Bonchev–Trinajstić information content (AvgIpc) is 2.92. The Morgan fingerprint density at radius 1 is 1.55 bits per heavy atom. The zero-order chi connectivity index (χ0) is 13.8.